The normalized spacial score (nSPS) is 10.6. The molecule has 0 radical (unpaired) electrons. The van der Waals surface area contributed by atoms with Crippen LogP contribution in [0, 0.1) is 5.82 Å². The summed E-state index contributed by atoms with van der Waals surface area (Å²) in [5.41, 5.74) is 0.868. The number of pyridine rings is 1. The predicted molar refractivity (Wildman–Crippen MR) is 66.7 cm³/mol. The van der Waals surface area contributed by atoms with E-state index >= 15 is 0 Å². The number of ether oxygens (including phenoxy) is 1. The zero-order valence-electron chi connectivity index (χ0n) is 10.7. The van der Waals surface area contributed by atoms with Gasteiger partial charge < -0.3 is 15.0 Å². The highest BCUT2D eigenvalue weighted by molar-refractivity contribution is 5.46. The molecule has 0 aliphatic heterocycles. The highest BCUT2D eigenvalue weighted by Crippen LogP contribution is 2.17. The molecule has 0 atom stereocenters. The lowest BCUT2D eigenvalue weighted by Gasteiger charge is -2.21. The summed E-state index contributed by atoms with van der Waals surface area (Å²) in [5.74, 6) is 0.515. The minimum absolute atomic E-state index is 0.302. The SMILES string of the molecule is CNCc1cc(F)cnc1N(C)CCCOC. The molecule has 0 bridgehead atoms. The van der Waals surface area contributed by atoms with Crippen molar-refractivity contribution in [3.8, 4) is 0 Å². The quantitative estimate of drug-likeness (QED) is 0.732. The molecule has 1 aromatic heterocycles. The molecular weight excluding hydrogens is 221 g/mol. The van der Waals surface area contributed by atoms with E-state index in [9.17, 15) is 4.39 Å². The summed E-state index contributed by atoms with van der Waals surface area (Å²) in [6, 6.07) is 1.52. The number of nitrogens with zero attached hydrogens (tertiary/aromatic N) is 2. The van der Waals surface area contributed by atoms with Crippen molar-refractivity contribution in [2.24, 2.45) is 0 Å². The Morgan fingerprint density at radius 2 is 2.29 bits per heavy atom. The van der Waals surface area contributed by atoms with Crippen LogP contribution in [0.3, 0.4) is 0 Å². The van der Waals surface area contributed by atoms with Gasteiger partial charge in [0.15, 0.2) is 0 Å². The molecular formula is C12H20FN3O. The fraction of sp³-hybridized carbons (Fsp3) is 0.583. The molecule has 0 aliphatic rings. The van der Waals surface area contributed by atoms with Crippen molar-refractivity contribution in [1.29, 1.82) is 0 Å². The zero-order chi connectivity index (χ0) is 12.7. The Hall–Kier alpha value is -1.20. The molecule has 1 rings (SSSR count). The maximum atomic E-state index is 13.1. The van der Waals surface area contributed by atoms with E-state index in [1.54, 1.807) is 7.11 Å². The minimum atomic E-state index is -0.302. The van der Waals surface area contributed by atoms with Gasteiger partial charge in [-0.3, -0.25) is 0 Å². The van der Waals surface area contributed by atoms with Gasteiger partial charge in [-0.15, -0.1) is 0 Å². The summed E-state index contributed by atoms with van der Waals surface area (Å²) in [7, 11) is 5.47. The average Bonchev–Trinajstić information content (AvgIpc) is 2.30. The molecule has 0 saturated carbocycles. The lowest BCUT2D eigenvalue weighted by Crippen LogP contribution is -2.23. The maximum Gasteiger partial charge on any atom is 0.141 e. The van der Waals surface area contributed by atoms with Crippen molar-refractivity contribution in [3.63, 3.8) is 0 Å². The second kappa shape index (κ2) is 7.19. The van der Waals surface area contributed by atoms with E-state index in [2.05, 4.69) is 10.3 Å². The summed E-state index contributed by atoms with van der Waals surface area (Å²) in [6.45, 7) is 2.16. The highest BCUT2D eigenvalue weighted by atomic mass is 19.1. The Morgan fingerprint density at radius 1 is 1.53 bits per heavy atom. The topological polar surface area (TPSA) is 37.4 Å². The Labute approximate surface area is 102 Å². The molecule has 96 valence electrons. The number of hydrogen-bond acceptors (Lipinski definition) is 4. The third-order valence-electron chi connectivity index (χ3n) is 2.48. The van der Waals surface area contributed by atoms with Crippen molar-refractivity contribution >= 4 is 5.82 Å². The third-order valence-corrected chi connectivity index (χ3v) is 2.48. The van der Waals surface area contributed by atoms with Crippen LogP contribution in [-0.4, -0.2) is 39.3 Å². The molecule has 0 aromatic carbocycles. The molecule has 17 heavy (non-hydrogen) atoms. The summed E-state index contributed by atoms with van der Waals surface area (Å²) in [5, 5.41) is 3.02. The monoisotopic (exact) mass is 241 g/mol. The number of hydrogen-bond donors (Lipinski definition) is 1. The molecule has 0 unspecified atom stereocenters. The van der Waals surface area contributed by atoms with Crippen molar-refractivity contribution in [1.82, 2.24) is 10.3 Å². The summed E-state index contributed by atoms with van der Waals surface area (Å²) in [4.78, 5) is 6.16. The second-order valence-electron chi connectivity index (χ2n) is 3.93. The number of methoxy groups -OCH3 is 1. The number of nitrogens with one attached hydrogen (secondary N) is 1. The summed E-state index contributed by atoms with van der Waals surface area (Å²) in [6.07, 6.45) is 2.17. The Balaban J connectivity index is 2.73. The zero-order valence-corrected chi connectivity index (χ0v) is 10.7. The second-order valence-corrected chi connectivity index (χ2v) is 3.93. The number of anilines is 1. The van der Waals surface area contributed by atoms with Crippen LogP contribution in [0.25, 0.3) is 0 Å². The molecule has 0 aliphatic carbocycles. The fourth-order valence-electron chi connectivity index (χ4n) is 1.69. The largest absolute Gasteiger partial charge is 0.385 e. The smallest absolute Gasteiger partial charge is 0.141 e. The standard InChI is InChI=1S/C12H20FN3O/c1-14-8-10-7-11(13)9-15-12(10)16(2)5-4-6-17-3/h7,9,14H,4-6,8H2,1-3H3. The van der Waals surface area contributed by atoms with Gasteiger partial charge in [0.05, 0.1) is 6.20 Å². The minimum Gasteiger partial charge on any atom is -0.385 e. The van der Waals surface area contributed by atoms with Gasteiger partial charge in [0.25, 0.3) is 0 Å². The number of aromatic nitrogens is 1. The molecule has 1 heterocycles. The predicted octanol–water partition coefficient (Wildman–Crippen LogP) is 1.41. The van der Waals surface area contributed by atoms with Gasteiger partial charge in [-0.1, -0.05) is 0 Å². The van der Waals surface area contributed by atoms with Crippen molar-refractivity contribution < 1.29 is 9.13 Å². The summed E-state index contributed by atoms with van der Waals surface area (Å²) < 4.78 is 18.1. The lowest BCUT2D eigenvalue weighted by molar-refractivity contribution is 0.196. The van der Waals surface area contributed by atoms with Crippen molar-refractivity contribution in [2.45, 2.75) is 13.0 Å². The first-order valence-corrected chi connectivity index (χ1v) is 5.68. The van der Waals surface area contributed by atoms with Gasteiger partial charge in [-0.25, -0.2) is 9.37 Å². The number of rotatable bonds is 7. The third kappa shape index (κ3) is 4.28. The molecule has 1 aromatic rings. The van der Waals surface area contributed by atoms with Crippen molar-refractivity contribution in [3.05, 3.63) is 23.6 Å². The Morgan fingerprint density at radius 3 is 2.94 bits per heavy atom. The van der Waals surface area contributed by atoms with Crippen LogP contribution in [-0.2, 0) is 11.3 Å². The molecule has 1 N–H and O–H groups in total. The van der Waals surface area contributed by atoms with Gasteiger partial charge in [-0.2, -0.15) is 0 Å². The van der Waals surface area contributed by atoms with Gasteiger partial charge in [0, 0.05) is 39.4 Å². The molecule has 5 heteroatoms. The maximum absolute atomic E-state index is 13.1. The van der Waals surface area contributed by atoms with Crippen LogP contribution in [0.4, 0.5) is 10.2 Å². The van der Waals surface area contributed by atoms with Crippen LogP contribution in [0.5, 0.6) is 0 Å². The molecule has 0 fully saturated rings. The Bertz CT molecular complexity index is 347. The van der Waals surface area contributed by atoms with E-state index in [4.69, 9.17) is 4.74 Å². The van der Waals surface area contributed by atoms with Crippen LogP contribution >= 0.6 is 0 Å². The molecule has 0 saturated heterocycles. The Kier molecular flexibility index (Phi) is 5.86. The van der Waals surface area contributed by atoms with E-state index < -0.39 is 0 Å². The van der Waals surface area contributed by atoms with E-state index in [0.717, 1.165) is 24.3 Å². The molecule has 4 nitrogen and oxygen atoms in total. The molecule has 0 amide bonds. The highest BCUT2D eigenvalue weighted by Gasteiger charge is 2.09. The first-order valence-electron chi connectivity index (χ1n) is 5.68. The van der Waals surface area contributed by atoms with Crippen LogP contribution in [0.15, 0.2) is 12.3 Å². The van der Waals surface area contributed by atoms with Gasteiger partial charge >= 0.3 is 0 Å². The van der Waals surface area contributed by atoms with Crippen LogP contribution in [0.1, 0.15) is 12.0 Å². The summed E-state index contributed by atoms with van der Waals surface area (Å²) >= 11 is 0. The van der Waals surface area contributed by atoms with Crippen LogP contribution < -0.4 is 10.2 Å². The van der Waals surface area contributed by atoms with E-state index in [-0.39, 0.29) is 5.82 Å². The van der Waals surface area contributed by atoms with Gasteiger partial charge in [-0.05, 0) is 19.5 Å². The van der Waals surface area contributed by atoms with Crippen molar-refractivity contribution in [2.75, 3.05) is 39.3 Å². The van der Waals surface area contributed by atoms with E-state index in [1.165, 1.54) is 12.3 Å². The average molecular weight is 241 g/mol. The van der Waals surface area contributed by atoms with Crippen LogP contribution in [0.2, 0.25) is 0 Å². The number of halogens is 1. The van der Waals surface area contributed by atoms with E-state index in [0.29, 0.717) is 13.2 Å². The first kappa shape index (κ1) is 13.9. The molecule has 0 spiro atoms. The van der Waals surface area contributed by atoms with Gasteiger partial charge in [0.2, 0.25) is 0 Å². The van der Waals surface area contributed by atoms with Gasteiger partial charge in [0.1, 0.15) is 11.6 Å². The first-order chi connectivity index (χ1) is 8.19. The lowest BCUT2D eigenvalue weighted by atomic mass is 10.2. The van der Waals surface area contributed by atoms with E-state index in [1.807, 2.05) is 19.0 Å². The fourth-order valence-corrected chi connectivity index (χ4v) is 1.69.